The van der Waals surface area contributed by atoms with Gasteiger partial charge in [-0.1, -0.05) is 28.5 Å². The second-order valence-corrected chi connectivity index (χ2v) is 5.09. The zero-order valence-corrected chi connectivity index (χ0v) is 11.8. The molecule has 0 aliphatic rings. The molecule has 0 atom stereocenters. The van der Waals surface area contributed by atoms with Crippen LogP contribution >= 0.6 is 0 Å². The van der Waals surface area contributed by atoms with Gasteiger partial charge in [-0.25, -0.2) is 0 Å². The van der Waals surface area contributed by atoms with Gasteiger partial charge in [0, 0.05) is 0 Å². The van der Waals surface area contributed by atoms with Crippen LogP contribution in [0.25, 0.3) is 0 Å². The zero-order chi connectivity index (χ0) is 14.5. The van der Waals surface area contributed by atoms with Crippen LogP contribution in [0.1, 0.15) is 46.4 Å². The summed E-state index contributed by atoms with van der Waals surface area (Å²) in [5.41, 5.74) is 0.958. The van der Waals surface area contributed by atoms with Gasteiger partial charge in [0.1, 0.15) is 5.41 Å². The van der Waals surface area contributed by atoms with E-state index in [1.807, 2.05) is 39.8 Å². The number of nitrogens with one attached hydrogen (secondary N) is 1. The van der Waals surface area contributed by atoms with Crippen molar-refractivity contribution in [1.29, 1.82) is 0 Å². The first-order valence-corrected chi connectivity index (χ1v) is 6.12. The Hall–Kier alpha value is -1.98. The van der Waals surface area contributed by atoms with Gasteiger partial charge in [0.15, 0.2) is 5.82 Å². The smallest absolute Gasteiger partial charge is 0.318 e. The lowest BCUT2D eigenvalue weighted by Gasteiger charge is -2.23. The molecule has 0 radical (unpaired) electrons. The van der Waals surface area contributed by atoms with E-state index >= 15 is 0 Å². The number of aromatic amines is 1. The molecule has 0 aliphatic heterocycles. The first kappa shape index (κ1) is 15.1. The molecule has 2 N–H and O–H groups in total. The Balaban J connectivity index is 3.22. The second-order valence-electron chi connectivity index (χ2n) is 5.09. The van der Waals surface area contributed by atoms with Gasteiger partial charge in [-0.2, -0.15) is 5.21 Å². The van der Waals surface area contributed by atoms with Gasteiger partial charge in [0.05, 0.1) is 0 Å². The molecule has 6 nitrogen and oxygen atoms in total. The van der Waals surface area contributed by atoms with Crippen LogP contribution in [-0.2, 0) is 10.2 Å². The molecule has 0 saturated heterocycles. The average molecular weight is 264 g/mol. The monoisotopic (exact) mass is 264 g/mol. The van der Waals surface area contributed by atoms with Crippen LogP contribution < -0.4 is 0 Å². The molecule has 1 heterocycles. The highest BCUT2D eigenvalue weighted by molar-refractivity contribution is 5.80. The van der Waals surface area contributed by atoms with Crippen molar-refractivity contribution in [3.8, 4) is 0 Å². The van der Waals surface area contributed by atoms with E-state index < -0.39 is 11.4 Å². The number of aliphatic carboxylic acids is 1. The Labute approximate surface area is 112 Å². The quantitative estimate of drug-likeness (QED) is 0.769. The molecule has 0 saturated carbocycles. The van der Waals surface area contributed by atoms with E-state index in [2.05, 4.69) is 20.6 Å². The van der Waals surface area contributed by atoms with Crippen molar-refractivity contribution in [3.05, 3.63) is 29.1 Å². The number of tetrazole rings is 1. The van der Waals surface area contributed by atoms with Crippen LogP contribution in [0.15, 0.2) is 23.3 Å². The highest BCUT2D eigenvalue weighted by atomic mass is 16.4. The maximum atomic E-state index is 11.8. The molecule has 1 aromatic heterocycles. The van der Waals surface area contributed by atoms with Gasteiger partial charge in [-0.3, -0.25) is 4.79 Å². The lowest BCUT2D eigenvalue weighted by molar-refractivity contribution is -0.144. The summed E-state index contributed by atoms with van der Waals surface area (Å²) in [4.78, 5) is 11.8. The Morgan fingerprint density at radius 3 is 2.05 bits per heavy atom. The minimum Gasteiger partial charge on any atom is -0.480 e. The molecule has 0 aliphatic carbocycles. The van der Waals surface area contributed by atoms with Gasteiger partial charge in [-0.15, -0.1) is 10.2 Å². The molecule has 0 unspecified atom stereocenters. The Kier molecular flexibility index (Phi) is 4.97. The van der Waals surface area contributed by atoms with Crippen LogP contribution in [0.3, 0.4) is 0 Å². The van der Waals surface area contributed by atoms with Crippen LogP contribution in [0.4, 0.5) is 0 Å². The van der Waals surface area contributed by atoms with Crippen molar-refractivity contribution in [3.63, 3.8) is 0 Å². The largest absolute Gasteiger partial charge is 0.480 e. The molecule has 0 amide bonds. The number of rotatable bonds is 6. The fraction of sp³-hybridized carbons (Fsp3) is 0.538. The van der Waals surface area contributed by atoms with E-state index in [4.69, 9.17) is 0 Å². The van der Waals surface area contributed by atoms with Crippen molar-refractivity contribution >= 4 is 5.97 Å². The molecule has 0 bridgehead atoms. The van der Waals surface area contributed by atoms with Gasteiger partial charge in [0.2, 0.25) is 0 Å². The molecule has 0 spiro atoms. The van der Waals surface area contributed by atoms with Crippen LogP contribution in [0.2, 0.25) is 0 Å². The third-order valence-electron chi connectivity index (χ3n) is 2.90. The Bertz CT molecular complexity index is 461. The minimum absolute atomic E-state index is 0.218. The van der Waals surface area contributed by atoms with E-state index in [-0.39, 0.29) is 5.82 Å². The van der Waals surface area contributed by atoms with Gasteiger partial charge in [-0.05, 0) is 40.5 Å². The van der Waals surface area contributed by atoms with Crippen LogP contribution in [-0.4, -0.2) is 31.7 Å². The van der Waals surface area contributed by atoms with Gasteiger partial charge < -0.3 is 5.11 Å². The summed E-state index contributed by atoms with van der Waals surface area (Å²) in [6, 6.07) is 0. The highest BCUT2D eigenvalue weighted by Crippen LogP contribution is 2.31. The molecule has 6 heteroatoms. The first-order chi connectivity index (χ1) is 8.88. The number of hydrogen-bond donors (Lipinski definition) is 2. The van der Waals surface area contributed by atoms with Crippen molar-refractivity contribution in [2.24, 2.45) is 0 Å². The fourth-order valence-corrected chi connectivity index (χ4v) is 1.66. The van der Waals surface area contributed by atoms with Crippen molar-refractivity contribution in [2.75, 3.05) is 0 Å². The van der Waals surface area contributed by atoms with E-state index in [0.717, 1.165) is 11.1 Å². The lowest BCUT2D eigenvalue weighted by Crippen LogP contribution is -2.36. The van der Waals surface area contributed by atoms with Crippen LogP contribution in [0, 0.1) is 0 Å². The normalized spacial score (nSPS) is 10.9. The molecule has 1 rings (SSSR count). The first-order valence-electron chi connectivity index (χ1n) is 6.12. The molecule has 19 heavy (non-hydrogen) atoms. The Morgan fingerprint density at radius 2 is 1.74 bits per heavy atom. The predicted molar refractivity (Wildman–Crippen MR) is 71.6 cm³/mol. The molecule has 0 fully saturated rings. The number of H-pyrrole nitrogens is 1. The summed E-state index contributed by atoms with van der Waals surface area (Å²) < 4.78 is 0. The minimum atomic E-state index is -1.17. The number of carboxylic acid groups (broad SMARTS) is 1. The SMILES string of the molecule is CC(C)=CCC(CC=C(C)C)(C(=O)O)c1nn[nH]n1. The van der Waals surface area contributed by atoms with E-state index in [1.165, 1.54) is 0 Å². The topological polar surface area (TPSA) is 91.8 Å². The number of carbonyl (C=O) groups is 1. The maximum Gasteiger partial charge on any atom is 0.318 e. The maximum absolute atomic E-state index is 11.8. The average Bonchev–Trinajstić information content (AvgIpc) is 2.82. The highest BCUT2D eigenvalue weighted by Gasteiger charge is 2.42. The number of carboxylic acids is 1. The number of allylic oxidation sites excluding steroid dienone is 4. The third kappa shape index (κ3) is 3.74. The summed E-state index contributed by atoms with van der Waals surface area (Å²) in [6.07, 6.45) is 4.47. The fourth-order valence-electron chi connectivity index (χ4n) is 1.66. The standard InChI is InChI=1S/C13H20N4O2/c1-9(2)5-7-13(12(18)19,8-6-10(3)4)11-14-16-17-15-11/h5-6H,7-8H2,1-4H3,(H,18,19)(H,14,15,16,17). The number of nitrogens with zero attached hydrogens (tertiary/aromatic N) is 3. The second kappa shape index (κ2) is 6.26. The van der Waals surface area contributed by atoms with Crippen LogP contribution in [0.5, 0.6) is 0 Å². The molecular formula is C13H20N4O2. The van der Waals surface area contributed by atoms with Crippen molar-refractivity contribution in [1.82, 2.24) is 20.6 Å². The summed E-state index contributed by atoms with van der Waals surface area (Å²) >= 11 is 0. The summed E-state index contributed by atoms with van der Waals surface area (Å²) in [7, 11) is 0. The molecule has 1 aromatic rings. The summed E-state index contributed by atoms with van der Waals surface area (Å²) in [6.45, 7) is 7.74. The van der Waals surface area contributed by atoms with Gasteiger partial charge in [0.25, 0.3) is 0 Å². The number of aromatic nitrogens is 4. The van der Waals surface area contributed by atoms with Crippen molar-refractivity contribution in [2.45, 2.75) is 46.0 Å². The lowest BCUT2D eigenvalue weighted by atomic mass is 9.79. The summed E-state index contributed by atoms with van der Waals surface area (Å²) in [5, 5.41) is 23.2. The molecule has 0 aromatic carbocycles. The van der Waals surface area contributed by atoms with Crippen molar-refractivity contribution < 1.29 is 9.90 Å². The molecular weight excluding hydrogens is 244 g/mol. The Morgan fingerprint density at radius 1 is 1.21 bits per heavy atom. The van der Waals surface area contributed by atoms with E-state index in [1.54, 1.807) is 0 Å². The van der Waals surface area contributed by atoms with E-state index in [0.29, 0.717) is 12.8 Å². The predicted octanol–water partition coefficient (Wildman–Crippen LogP) is 2.23. The molecule has 104 valence electrons. The summed E-state index contributed by atoms with van der Waals surface area (Å²) in [5.74, 6) is -0.723. The zero-order valence-electron chi connectivity index (χ0n) is 11.8. The third-order valence-corrected chi connectivity index (χ3v) is 2.90. The van der Waals surface area contributed by atoms with E-state index in [9.17, 15) is 9.90 Å². The van der Waals surface area contributed by atoms with Gasteiger partial charge >= 0.3 is 5.97 Å². The number of hydrogen-bond acceptors (Lipinski definition) is 4.